The van der Waals surface area contributed by atoms with Gasteiger partial charge in [-0.3, -0.25) is 4.79 Å². The third-order valence-corrected chi connectivity index (χ3v) is 5.55. The minimum absolute atomic E-state index is 0.0355. The molecule has 0 radical (unpaired) electrons. The maximum absolute atomic E-state index is 12.4. The van der Waals surface area contributed by atoms with Crippen molar-refractivity contribution in [2.45, 2.75) is 26.3 Å². The first-order valence-corrected chi connectivity index (χ1v) is 9.75. The maximum Gasteiger partial charge on any atom is 0.224 e. The summed E-state index contributed by atoms with van der Waals surface area (Å²) in [5.41, 5.74) is 6.79. The van der Waals surface area contributed by atoms with Gasteiger partial charge < -0.3 is 9.64 Å². The SMILES string of the molecule is COc1cccc(-c2ccc3c(c2)CCc2cc(Cl)ccc2N(C(C)=O)C3)c1. The summed E-state index contributed by atoms with van der Waals surface area (Å²) in [5.74, 6) is 0.879. The van der Waals surface area contributed by atoms with Crippen molar-refractivity contribution in [3.63, 3.8) is 0 Å². The highest BCUT2D eigenvalue weighted by molar-refractivity contribution is 6.30. The quantitative estimate of drug-likeness (QED) is 0.563. The van der Waals surface area contributed by atoms with Crippen LogP contribution in [0.3, 0.4) is 0 Å². The topological polar surface area (TPSA) is 29.5 Å². The zero-order valence-electron chi connectivity index (χ0n) is 16.0. The zero-order chi connectivity index (χ0) is 19.7. The van der Waals surface area contributed by atoms with Crippen LogP contribution in [-0.2, 0) is 24.2 Å². The highest BCUT2D eigenvalue weighted by Gasteiger charge is 2.21. The van der Waals surface area contributed by atoms with E-state index in [4.69, 9.17) is 16.3 Å². The molecule has 4 heteroatoms. The third kappa shape index (κ3) is 3.63. The van der Waals surface area contributed by atoms with Gasteiger partial charge in [0.1, 0.15) is 5.75 Å². The van der Waals surface area contributed by atoms with E-state index < -0.39 is 0 Å². The summed E-state index contributed by atoms with van der Waals surface area (Å²) >= 11 is 6.22. The molecule has 1 heterocycles. The monoisotopic (exact) mass is 391 g/mol. The van der Waals surface area contributed by atoms with Crippen LogP contribution >= 0.6 is 11.6 Å². The first kappa shape index (κ1) is 18.6. The molecule has 3 aromatic rings. The fourth-order valence-electron chi connectivity index (χ4n) is 3.82. The predicted molar refractivity (Wildman–Crippen MR) is 114 cm³/mol. The smallest absolute Gasteiger partial charge is 0.224 e. The van der Waals surface area contributed by atoms with E-state index in [2.05, 4.69) is 24.3 Å². The second-order valence-corrected chi connectivity index (χ2v) is 7.53. The molecule has 4 rings (SSSR count). The Hall–Kier alpha value is -2.78. The summed E-state index contributed by atoms with van der Waals surface area (Å²) < 4.78 is 5.36. The van der Waals surface area contributed by atoms with Crippen LogP contribution in [0.25, 0.3) is 11.1 Å². The molecule has 3 nitrogen and oxygen atoms in total. The Balaban J connectivity index is 1.75. The molecule has 0 atom stereocenters. The molecule has 1 aliphatic heterocycles. The molecule has 0 saturated heterocycles. The summed E-state index contributed by atoms with van der Waals surface area (Å²) in [7, 11) is 1.68. The lowest BCUT2D eigenvalue weighted by molar-refractivity contribution is -0.116. The average Bonchev–Trinajstić information content (AvgIpc) is 2.69. The van der Waals surface area contributed by atoms with Crippen LogP contribution in [0.5, 0.6) is 5.75 Å². The van der Waals surface area contributed by atoms with Gasteiger partial charge in [-0.2, -0.15) is 0 Å². The number of hydrogen-bond acceptors (Lipinski definition) is 2. The Morgan fingerprint density at radius 2 is 1.71 bits per heavy atom. The van der Waals surface area contributed by atoms with Crippen molar-refractivity contribution in [1.82, 2.24) is 0 Å². The molecule has 1 aliphatic rings. The summed E-state index contributed by atoms with van der Waals surface area (Å²) in [6.07, 6.45) is 1.75. The van der Waals surface area contributed by atoms with Gasteiger partial charge in [0.25, 0.3) is 0 Å². The van der Waals surface area contributed by atoms with Crippen LogP contribution in [0, 0.1) is 0 Å². The minimum atomic E-state index is 0.0355. The van der Waals surface area contributed by atoms with Crippen LogP contribution < -0.4 is 9.64 Å². The van der Waals surface area contributed by atoms with Crippen molar-refractivity contribution in [1.29, 1.82) is 0 Å². The zero-order valence-corrected chi connectivity index (χ0v) is 16.8. The van der Waals surface area contributed by atoms with Crippen molar-refractivity contribution in [3.8, 4) is 16.9 Å². The largest absolute Gasteiger partial charge is 0.497 e. The number of hydrogen-bond donors (Lipinski definition) is 0. The van der Waals surface area contributed by atoms with Gasteiger partial charge in [0.05, 0.1) is 13.7 Å². The van der Waals surface area contributed by atoms with E-state index in [-0.39, 0.29) is 5.91 Å². The van der Waals surface area contributed by atoms with E-state index >= 15 is 0 Å². The number of carbonyl (C=O) groups excluding carboxylic acids is 1. The van der Waals surface area contributed by atoms with Crippen LogP contribution in [0.4, 0.5) is 5.69 Å². The van der Waals surface area contributed by atoms with E-state index in [9.17, 15) is 4.79 Å². The first-order chi connectivity index (χ1) is 13.5. The number of aryl methyl sites for hydroxylation is 2. The number of rotatable bonds is 2. The van der Waals surface area contributed by atoms with E-state index in [1.54, 1.807) is 14.0 Å². The predicted octanol–water partition coefficient (Wildman–Crippen LogP) is 5.67. The lowest BCUT2D eigenvalue weighted by Crippen LogP contribution is -2.30. The fraction of sp³-hybridized carbons (Fsp3) is 0.208. The summed E-state index contributed by atoms with van der Waals surface area (Å²) in [5, 5.41) is 0.702. The lowest BCUT2D eigenvalue weighted by Gasteiger charge is -2.28. The van der Waals surface area contributed by atoms with E-state index in [0.29, 0.717) is 11.6 Å². The number of amides is 1. The molecular formula is C24H22ClNO2. The number of ether oxygens (including phenoxy) is 1. The molecular weight excluding hydrogens is 370 g/mol. The fourth-order valence-corrected chi connectivity index (χ4v) is 4.01. The lowest BCUT2D eigenvalue weighted by atomic mass is 9.92. The average molecular weight is 392 g/mol. The second kappa shape index (κ2) is 7.69. The van der Waals surface area contributed by atoms with Crippen molar-refractivity contribution < 1.29 is 9.53 Å². The molecule has 0 unspecified atom stereocenters. The highest BCUT2D eigenvalue weighted by Crippen LogP contribution is 2.33. The Kier molecular flexibility index (Phi) is 5.10. The normalized spacial score (nSPS) is 13.2. The van der Waals surface area contributed by atoms with Crippen molar-refractivity contribution >= 4 is 23.2 Å². The number of nitrogens with zero attached hydrogens (tertiary/aromatic N) is 1. The molecule has 0 bridgehead atoms. The highest BCUT2D eigenvalue weighted by atomic mass is 35.5. The van der Waals surface area contributed by atoms with Crippen LogP contribution in [0.1, 0.15) is 23.6 Å². The first-order valence-electron chi connectivity index (χ1n) is 9.38. The Morgan fingerprint density at radius 3 is 2.50 bits per heavy atom. The molecule has 0 N–H and O–H groups in total. The van der Waals surface area contributed by atoms with E-state index in [1.165, 1.54) is 11.1 Å². The number of anilines is 1. The minimum Gasteiger partial charge on any atom is -0.497 e. The number of halogens is 1. The summed E-state index contributed by atoms with van der Waals surface area (Å²) in [4.78, 5) is 14.2. The van der Waals surface area contributed by atoms with Gasteiger partial charge in [-0.05, 0) is 71.0 Å². The Morgan fingerprint density at radius 1 is 0.929 bits per heavy atom. The maximum atomic E-state index is 12.4. The van der Waals surface area contributed by atoms with Crippen molar-refractivity contribution in [3.05, 3.63) is 82.4 Å². The molecule has 0 fully saturated rings. The van der Waals surface area contributed by atoms with Crippen LogP contribution in [0.2, 0.25) is 5.02 Å². The summed E-state index contributed by atoms with van der Waals surface area (Å²) in [6, 6.07) is 20.4. The van der Waals surface area contributed by atoms with Gasteiger partial charge in [-0.25, -0.2) is 0 Å². The van der Waals surface area contributed by atoms with Gasteiger partial charge in [-0.1, -0.05) is 41.9 Å². The van der Waals surface area contributed by atoms with Crippen LogP contribution in [0.15, 0.2) is 60.7 Å². The van der Waals surface area contributed by atoms with Gasteiger partial charge in [0.2, 0.25) is 5.91 Å². The van der Waals surface area contributed by atoms with Crippen molar-refractivity contribution in [2.75, 3.05) is 12.0 Å². The van der Waals surface area contributed by atoms with E-state index in [0.717, 1.165) is 41.0 Å². The Bertz CT molecular complexity index is 1040. The molecule has 0 spiro atoms. The number of carbonyl (C=O) groups is 1. The molecule has 0 aromatic heterocycles. The van der Waals surface area contributed by atoms with Gasteiger partial charge in [0, 0.05) is 17.6 Å². The molecule has 0 saturated carbocycles. The summed E-state index contributed by atoms with van der Waals surface area (Å²) in [6.45, 7) is 2.18. The van der Waals surface area contributed by atoms with Gasteiger partial charge >= 0.3 is 0 Å². The molecule has 28 heavy (non-hydrogen) atoms. The number of fused-ring (bicyclic) bond motifs is 2. The third-order valence-electron chi connectivity index (χ3n) is 5.31. The number of benzene rings is 3. The second-order valence-electron chi connectivity index (χ2n) is 7.09. The van der Waals surface area contributed by atoms with Gasteiger partial charge in [0.15, 0.2) is 0 Å². The van der Waals surface area contributed by atoms with Gasteiger partial charge in [-0.15, -0.1) is 0 Å². The molecule has 0 aliphatic carbocycles. The standard InChI is InChI=1S/C24H22ClNO2/c1-16(27)26-15-21-9-7-18(17-4-3-5-23(14-17)28-2)12-19(21)6-8-20-13-22(25)10-11-24(20)26/h3-5,7,9-14H,6,8,15H2,1-2H3. The van der Waals surface area contributed by atoms with Crippen molar-refractivity contribution in [2.24, 2.45) is 0 Å². The molecule has 3 aromatic carbocycles. The number of methoxy groups -OCH3 is 1. The molecule has 142 valence electrons. The Labute approximate surface area is 170 Å². The van der Waals surface area contributed by atoms with Crippen LogP contribution in [-0.4, -0.2) is 13.0 Å². The molecule has 1 amide bonds. The van der Waals surface area contributed by atoms with E-state index in [1.807, 2.05) is 41.3 Å².